The van der Waals surface area contributed by atoms with Gasteiger partial charge in [0.25, 0.3) is 5.56 Å². The second-order valence-corrected chi connectivity index (χ2v) is 6.13. The molecule has 0 fully saturated rings. The van der Waals surface area contributed by atoms with Crippen LogP contribution in [0.2, 0.25) is 0 Å². The lowest BCUT2D eigenvalue weighted by Gasteiger charge is -2.08. The van der Waals surface area contributed by atoms with Gasteiger partial charge in [-0.25, -0.2) is 4.98 Å². The van der Waals surface area contributed by atoms with Gasteiger partial charge in [0.2, 0.25) is 0 Å². The number of hydrogen-bond donors (Lipinski definition) is 1. The SMILES string of the molecule is COc1ccc(CNc2ccc3nc4ccc(C)cc4c(=O)n3n2)cc1. The quantitative estimate of drug-likeness (QED) is 0.575. The van der Waals surface area contributed by atoms with Gasteiger partial charge in [-0.2, -0.15) is 4.52 Å². The maximum atomic E-state index is 12.8. The summed E-state index contributed by atoms with van der Waals surface area (Å²) in [6.45, 7) is 2.55. The molecule has 0 bridgehead atoms. The highest BCUT2D eigenvalue weighted by atomic mass is 16.5. The first-order valence-electron chi connectivity index (χ1n) is 8.31. The van der Waals surface area contributed by atoms with E-state index in [1.807, 2.05) is 55.5 Å². The van der Waals surface area contributed by atoms with Crippen LogP contribution < -0.4 is 15.6 Å². The molecule has 0 saturated carbocycles. The van der Waals surface area contributed by atoms with Crippen LogP contribution in [-0.2, 0) is 6.54 Å². The summed E-state index contributed by atoms with van der Waals surface area (Å²) in [6, 6.07) is 17.1. The number of fused-ring (bicyclic) bond motifs is 2. The maximum absolute atomic E-state index is 12.8. The molecule has 4 aromatic rings. The lowest BCUT2D eigenvalue weighted by molar-refractivity contribution is 0.414. The van der Waals surface area contributed by atoms with E-state index in [0.29, 0.717) is 28.9 Å². The van der Waals surface area contributed by atoms with Gasteiger partial charge in [0.1, 0.15) is 11.6 Å². The van der Waals surface area contributed by atoms with Gasteiger partial charge in [-0.05, 0) is 48.9 Å². The average Bonchev–Trinajstić information content (AvgIpc) is 2.68. The molecule has 0 aliphatic carbocycles. The molecule has 0 spiro atoms. The summed E-state index contributed by atoms with van der Waals surface area (Å²) in [5, 5.41) is 8.22. The van der Waals surface area contributed by atoms with Gasteiger partial charge in [-0.1, -0.05) is 23.8 Å². The molecule has 2 aromatic heterocycles. The molecule has 0 aliphatic heterocycles. The third-order valence-corrected chi connectivity index (χ3v) is 4.26. The summed E-state index contributed by atoms with van der Waals surface area (Å²) < 4.78 is 6.50. The van der Waals surface area contributed by atoms with E-state index in [1.54, 1.807) is 13.2 Å². The number of nitrogens with zero attached hydrogens (tertiary/aromatic N) is 3. The number of aromatic nitrogens is 3. The lowest BCUT2D eigenvalue weighted by Crippen LogP contribution is -2.19. The zero-order valence-electron chi connectivity index (χ0n) is 14.6. The van der Waals surface area contributed by atoms with Crippen LogP contribution in [0, 0.1) is 6.92 Å². The molecule has 0 saturated heterocycles. The van der Waals surface area contributed by atoms with Crippen LogP contribution in [0.3, 0.4) is 0 Å². The summed E-state index contributed by atoms with van der Waals surface area (Å²) >= 11 is 0. The molecule has 2 heterocycles. The Morgan fingerprint density at radius 1 is 1.08 bits per heavy atom. The van der Waals surface area contributed by atoms with Crippen molar-refractivity contribution in [3.05, 3.63) is 76.1 Å². The predicted octanol–water partition coefficient (Wildman–Crippen LogP) is 3.17. The first-order valence-corrected chi connectivity index (χ1v) is 8.31. The molecule has 26 heavy (non-hydrogen) atoms. The van der Waals surface area contributed by atoms with Crippen molar-refractivity contribution in [1.82, 2.24) is 14.6 Å². The van der Waals surface area contributed by atoms with Crippen LogP contribution in [0.1, 0.15) is 11.1 Å². The monoisotopic (exact) mass is 346 g/mol. The average molecular weight is 346 g/mol. The second kappa shape index (κ2) is 6.48. The number of methoxy groups -OCH3 is 1. The molecular weight excluding hydrogens is 328 g/mol. The first kappa shape index (κ1) is 16.1. The number of aryl methyl sites for hydroxylation is 1. The fraction of sp³-hybridized carbons (Fsp3) is 0.150. The Kier molecular flexibility index (Phi) is 4.01. The van der Waals surface area contributed by atoms with E-state index < -0.39 is 0 Å². The Morgan fingerprint density at radius 2 is 1.88 bits per heavy atom. The van der Waals surface area contributed by atoms with Crippen molar-refractivity contribution >= 4 is 22.4 Å². The van der Waals surface area contributed by atoms with Crippen LogP contribution in [-0.4, -0.2) is 21.7 Å². The van der Waals surface area contributed by atoms with E-state index in [-0.39, 0.29) is 5.56 Å². The maximum Gasteiger partial charge on any atom is 0.282 e. The van der Waals surface area contributed by atoms with Gasteiger partial charge in [0.15, 0.2) is 5.65 Å². The third-order valence-electron chi connectivity index (χ3n) is 4.26. The van der Waals surface area contributed by atoms with Gasteiger partial charge in [-0.15, -0.1) is 5.10 Å². The van der Waals surface area contributed by atoms with Crippen molar-refractivity contribution in [3.63, 3.8) is 0 Å². The number of rotatable bonds is 4. The topological polar surface area (TPSA) is 68.5 Å². The fourth-order valence-electron chi connectivity index (χ4n) is 2.84. The molecule has 6 nitrogen and oxygen atoms in total. The minimum atomic E-state index is -0.165. The van der Waals surface area contributed by atoms with E-state index in [1.165, 1.54) is 4.52 Å². The van der Waals surface area contributed by atoms with E-state index in [9.17, 15) is 4.79 Å². The van der Waals surface area contributed by atoms with Gasteiger partial charge < -0.3 is 10.1 Å². The smallest absolute Gasteiger partial charge is 0.282 e. The van der Waals surface area contributed by atoms with E-state index >= 15 is 0 Å². The standard InChI is InChI=1S/C20H18N4O2/c1-13-3-8-17-16(11-13)20(25)24-19(22-17)10-9-18(23-24)21-12-14-4-6-15(26-2)7-5-14/h3-11H,12H2,1-2H3,(H,21,23). The van der Waals surface area contributed by atoms with E-state index in [2.05, 4.69) is 15.4 Å². The molecule has 0 radical (unpaired) electrons. The highest BCUT2D eigenvalue weighted by molar-refractivity contribution is 5.80. The van der Waals surface area contributed by atoms with Crippen molar-refractivity contribution in [2.75, 3.05) is 12.4 Å². The highest BCUT2D eigenvalue weighted by Gasteiger charge is 2.07. The van der Waals surface area contributed by atoms with Crippen molar-refractivity contribution < 1.29 is 4.74 Å². The summed E-state index contributed by atoms with van der Waals surface area (Å²) in [5.41, 5.74) is 3.15. The number of hydrogen-bond acceptors (Lipinski definition) is 5. The molecule has 0 atom stereocenters. The Morgan fingerprint density at radius 3 is 2.65 bits per heavy atom. The van der Waals surface area contributed by atoms with Crippen LogP contribution in [0.5, 0.6) is 5.75 Å². The van der Waals surface area contributed by atoms with Crippen LogP contribution >= 0.6 is 0 Å². The Balaban J connectivity index is 1.66. The molecule has 1 N–H and O–H groups in total. The lowest BCUT2D eigenvalue weighted by atomic mass is 10.2. The second-order valence-electron chi connectivity index (χ2n) is 6.13. The zero-order valence-corrected chi connectivity index (χ0v) is 14.6. The molecule has 0 unspecified atom stereocenters. The first-order chi connectivity index (χ1) is 12.6. The molecule has 130 valence electrons. The van der Waals surface area contributed by atoms with Crippen molar-refractivity contribution in [2.24, 2.45) is 0 Å². The fourth-order valence-corrected chi connectivity index (χ4v) is 2.84. The highest BCUT2D eigenvalue weighted by Crippen LogP contribution is 2.14. The molecule has 0 aliphatic rings. The largest absolute Gasteiger partial charge is 0.497 e. The van der Waals surface area contributed by atoms with Gasteiger partial charge >= 0.3 is 0 Å². The minimum absolute atomic E-state index is 0.165. The van der Waals surface area contributed by atoms with Crippen LogP contribution in [0.15, 0.2) is 59.4 Å². The third kappa shape index (κ3) is 2.97. The van der Waals surface area contributed by atoms with Crippen molar-refractivity contribution in [1.29, 1.82) is 0 Å². The van der Waals surface area contributed by atoms with Gasteiger partial charge in [0, 0.05) is 6.54 Å². The number of ether oxygens (including phenoxy) is 1. The van der Waals surface area contributed by atoms with Gasteiger partial charge in [0.05, 0.1) is 18.0 Å². The molecule has 0 amide bonds. The number of nitrogens with one attached hydrogen (secondary N) is 1. The normalized spacial score (nSPS) is 11.0. The van der Waals surface area contributed by atoms with E-state index in [0.717, 1.165) is 16.9 Å². The Bertz CT molecular complexity index is 1150. The number of benzene rings is 2. The predicted molar refractivity (Wildman–Crippen MR) is 102 cm³/mol. The summed E-state index contributed by atoms with van der Waals surface area (Å²) in [7, 11) is 1.64. The molecular formula is C20H18N4O2. The van der Waals surface area contributed by atoms with Crippen molar-refractivity contribution in [3.8, 4) is 5.75 Å². The minimum Gasteiger partial charge on any atom is -0.497 e. The number of anilines is 1. The van der Waals surface area contributed by atoms with Crippen LogP contribution in [0.25, 0.3) is 16.6 Å². The molecule has 2 aromatic carbocycles. The summed E-state index contributed by atoms with van der Waals surface area (Å²) in [5.74, 6) is 1.43. The Hall–Kier alpha value is -3.41. The summed E-state index contributed by atoms with van der Waals surface area (Å²) in [6.07, 6.45) is 0. The summed E-state index contributed by atoms with van der Waals surface area (Å²) in [4.78, 5) is 17.3. The molecule has 4 rings (SSSR count). The van der Waals surface area contributed by atoms with E-state index in [4.69, 9.17) is 4.74 Å². The molecule has 6 heteroatoms. The zero-order chi connectivity index (χ0) is 18.1. The Labute approximate surface area is 150 Å². The van der Waals surface area contributed by atoms with Crippen molar-refractivity contribution in [2.45, 2.75) is 13.5 Å². The van der Waals surface area contributed by atoms with Gasteiger partial charge in [-0.3, -0.25) is 4.79 Å². The van der Waals surface area contributed by atoms with Crippen LogP contribution in [0.4, 0.5) is 5.82 Å².